The molecule has 0 radical (unpaired) electrons. The number of carbonyl (C=O) groups is 1. The number of fused-ring (bicyclic) bond motifs is 1. The van der Waals surface area contributed by atoms with Crippen molar-refractivity contribution >= 4 is 17.4 Å². The third-order valence-corrected chi connectivity index (χ3v) is 7.55. The second kappa shape index (κ2) is 9.57. The number of para-hydroxylation sites is 1. The Morgan fingerprint density at radius 2 is 1.62 bits per heavy atom. The van der Waals surface area contributed by atoms with E-state index in [1.807, 2.05) is 12.1 Å². The number of nitrogens with zero attached hydrogens (tertiary/aromatic N) is 1. The van der Waals surface area contributed by atoms with E-state index in [4.69, 9.17) is 0 Å². The molecular weight excluding hydrogens is 430 g/mol. The molecule has 0 bridgehead atoms. The number of urea groups is 1. The molecule has 0 atom stereocenters. The molecule has 3 aromatic rings. The van der Waals surface area contributed by atoms with Gasteiger partial charge >= 0.3 is 6.03 Å². The lowest BCUT2D eigenvalue weighted by Gasteiger charge is -2.28. The monoisotopic (exact) mass is 460 g/mol. The maximum atomic E-state index is 13.9. The Morgan fingerprint density at radius 1 is 0.941 bits per heavy atom. The van der Waals surface area contributed by atoms with Gasteiger partial charge in [-0.3, -0.25) is 4.90 Å². The van der Waals surface area contributed by atoms with E-state index in [-0.39, 0.29) is 0 Å². The number of benzene rings is 3. The Hall–Kier alpha value is -3.21. The highest BCUT2D eigenvalue weighted by Crippen LogP contribution is 2.38. The molecule has 5 rings (SSSR count). The lowest BCUT2D eigenvalue weighted by Crippen LogP contribution is -2.33. The highest BCUT2D eigenvalue weighted by Gasteiger charge is 2.26. The molecule has 34 heavy (non-hydrogen) atoms. The van der Waals surface area contributed by atoms with Crippen LogP contribution >= 0.6 is 0 Å². The van der Waals surface area contributed by atoms with Crippen LogP contribution < -0.4 is 10.2 Å². The SMILES string of the molecule is CCC1CCC(c2ccc(-c3ccc4c(c3)CCN4C(=O)Nc3c(F)cccc3F)cc2)CC1. The summed E-state index contributed by atoms with van der Waals surface area (Å²) in [6.07, 6.45) is 7.23. The van der Waals surface area contributed by atoms with Crippen molar-refractivity contribution in [1.82, 2.24) is 0 Å². The number of hydrogen-bond acceptors (Lipinski definition) is 1. The molecular formula is C29H30F2N2O. The minimum absolute atomic E-state index is 0.416. The van der Waals surface area contributed by atoms with Crippen molar-refractivity contribution in [3.8, 4) is 11.1 Å². The van der Waals surface area contributed by atoms with E-state index < -0.39 is 23.4 Å². The van der Waals surface area contributed by atoms with Crippen LogP contribution in [0.15, 0.2) is 60.7 Å². The molecule has 0 saturated heterocycles. The summed E-state index contributed by atoms with van der Waals surface area (Å²) in [4.78, 5) is 14.3. The molecule has 2 amide bonds. The minimum Gasteiger partial charge on any atom is -0.302 e. The number of halogens is 2. The number of carbonyl (C=O) groups excluding carboxylic acids is 1. The van der Waals surface area contributed by atoms with Crippen molar-refractivity contribution in [2.45, 2.75) is 51.4 Å². The Kier molecular flexibility index (Phi) is 6.36. The lowest BCUT2D eigenvalue weighted by atomic mass is 9.77. The van der Waals surface area contributed by atoms with E-state index in [0.717, 1.165) is 40.4 Å². The Balaban J connectivity index is 1.29. The Morgan fingerprint density at radius 3 is 2.29 bits per heavy atom. The molecule has 0 spiro atoms. The zero-order chi connectivity index (χ0) is 23.7. The summed E-state index contributed by atoms with van der Waals surface area (Å²) in [6, 6.07) is 18.0. The van der Waals surface area contributed by atoms with Crippen LogP contribution in [0.2, 0.25) is 0 Å². The third-order valence-electron chi connectivity index (χ3n) is 7.55. The van der Waals surface area contributed by atoms with Gasteiger partial charge in [0.05, 0.1) is 0 Å². The largest absolute Gasteiger partial charge is 0.326 e. The normalized spacial score (nSPS) is 19.7. The number of amides is 2. The van der Waals surface area contributed by atoms with Gasteiger partial charge in [0, 0.05) is 12.2 Å². The van der Waals surface area contributed by atoms with Crippen molar-refractivity contribution < 1.29 is 13.6 Å². The van der Waals surface area contributed by atoms with Crippen molar-refractivity contribution in [2.75, 3.05) is 16.8 Å². The van der Waals surface area contributed by atoms with Crippen molar-refractivity contribution in [1.29, 1.82) is 0 Å². The van der Waals surface area contributed by atoms with Crippen molar-refractivity contribution in [3.63, 3.8) is 0 Å². The summed E-state index contributed by atoms with van der Waals surface area (Å²) in [6.45, 7) is 2.77. The van der Waals surface area contributed by atoms with E-state index in [9.17, 15) is 13.6 Å². The topological polar surface area (TPSA) is 32.3 Å². The van der Waals surface area contributed by atoms with Crippen molar-refractivity contribution in [2.24, 2.45) is 5.92 Å². The first-order valence-corrected chi connectivity index (χ1v) is 12.3. The summed E-state index contributed by atoms with van der Waals surface area (Å²) in [5, 5.41) is 2.39. The van der Waals surface area contributed by atoms with Crippen LogP contribution in [0, 0.1) is 17.6 Å². The fraction of sp³-hybridized carbons (Fsp3) is 0.345. The van der Waals surface area contributed by atoms with Gasteiger partial charge in [0.2, 0.25) is 0 Å². The van der Waals surface area contributed by atoms with Gasteiger partial charge in [-0.1, -0.05) is 49.7 Å². The van der Waals surface area contributed by atoms with Crippen LogP contribution in [0.1, 0.15) is 56.1 Å². The molecule has 0 unspecified atom stereocenters. The third kappa shape index (κ3) is 4.44. The van der Waals surface area contributed by atoms with Crippen molar-refractivity contribution in [3.05, 3.63) is 83.4 Å². The molecule has 1 aliphatic carbocycles. The first-order valence-electron chi connectivity index (χ1n) is 12.3. The molecule has 5 heteroatoms. The Labute approximate surface area is 199 Å². The Bertz CT molecular complexity index is 1160. The first kappa shape index (κ1) is 22.6. The zero-order valence-corrected chi connectivity index (χ0v) is 19.5. The maximum absolute atomic E-state index is 13.9. The molecule has 1 saturated carbocycles. The molecule has 0 aromatic heterocycles. The van der Waals surface area contributed by atoms with E-state index in [1.165, 1.54) is 43.7 Å². The van der Waals surface area contributed by atoms with Gasteiger partial charge in [0.25, 0.3) is 0 Å². The van der Waals surface area contributed by atoms with Crippen LogP contribution in [0.5, 0.6) is 0 Å². The summed E-state index contributed by atoms with van der Waals surface area (Å²) in [5.41, 5.74) is 5.13. The van der Waals surface area contributed by atoms with Gasteiger partial charge < -0.3 is 5.32 Å². The average Bonchev–Trinajstić information content (AvgIpc) is 3.30. The molecule has 1 N–H and O–H groups in total. The summed E-state index contributed by atoms with van der Waals surface area (Å²) < 4.78 is 27.9. The number of hydrogen-bond donors (Lipinski definition) is 1. The fourth-order valence-corrected chi connectivity index (χ4v) is 5.44. The van der Waals surface area contributed by atoms with E-state index in [1.54, 1.807) is 4.90 Å². The van der Waals surface area contributed by atoms with Gasteiger partial charge in [-0.05, 0) is 90.5 Å². The van der Waals surface area contributed by atoms with Gasteiger partial charge in [-0.15, -0.1) is 0 Å². The zero-order valence-electron chi connectivity index (χ0n) is 19.5. The van der Waals surface area contributed by atoms with Gasteiger partial charge in [0.1, 0.15) is 17.3 Å². The highest BCUT2D eigenvalue weighted by molar-refractivity contribution is 6.03. The van der Waals surface area contributed by atoms with Crippen LogP contribution in [-0.2, 0) is 6.42 Å². The molecule has 1 fully saturated rings. The molecule has 3 nitrogen and oxygen atoms in total. The number of rotatable bonds is 4. The standard InChI is InChI=1S/C29H30F2N2O/c1-2-19-6-8-20(9-7-19)21-10-12-22(13-11-21)23-14-15-27-24(18-23)16-17-33(27)29(34)32-28-25(30)4-3-5-26(28)31/h3-5,10-15,18-20H,2,6-9,16-17H2,1H3,(H,32,34). The molecule has 176 valence electrons. The second-order valence-corrected chi connectivity index (χ2v) is 9.52. The smallest absolute Gasteiger partial charge is 0.302 e. The van der Waals surface area contributed by atoms with E-state index in [2.05, 4.69) is 42.6 Å². The molecule has 2 aliphatic rings. The van der Waals surface area contributed by atoms with E-state index in [0.29, 0.717) is 18.9 Å². The second-order valence-electron chi connectivity index (χ2n) is 9.52. The average molecular weight is 461 g/mol. The lowest BCUT2D eigenvalue weighted by molar-refractivity contribution is 0.257. The minimum atomic E-state index is -0.787. The van der Waals surface area contributed by atoms with Crippen LogP contribution in [0.3, 0.4) is 0 Å². The molecule has 1 heterocycles. The fourth-order valence-electron chi connectivity index (χ4n) is 5.44. The van der Waals surface area contributed by atoms with Crippen LogP contribution in [0.4, 0.5) is 25.0 Å². The van der Waals surface area contributed by atoms with Gasteiger partial charge in [-0.2, -0.15) is 0 Å². The van der Waals surface area contributed by atoms with Crippen LogP contribution in [-0.4, -0.2) is 12.6 Å². The first-order chi connectivity index (χ1) is 16.5. The van der Waals surface area contributed by atoms with Gasteiger partial charge in [-0.25, -0.2) is 13.6 Å². The quantitative estimate of drug-likeness (QED) is 0.421. The molecule has 1 aliphatic heterocycles. The molecule has 3 aromatic carbocycles. The summed E-state index contributed by atoms with van der Waals surface area (Å²) in [5.74, 6) is -0.00694. The highest BCUT2D eigenvalue weighted by atomic mass is 19.1. The summed E-state index contributed by atoms with van der Waals surface area (Å²) >= 11 is 0. The maximum Gasteiger partial charge on any atom is 0.326 e. The van der Waals surface area contributed by atoms with Crippen LogP contribution in [0.25, 0.3) is 11.1 Å². The van der Waals surface area contributed by atoms with E-state index >= 15 is 0 Å². The number of nitrogens with one attached hydrogen (secondary N) is 1. The predicted molar refractivity (Wildman–Crippen MR) is 133 cm³/mol. The number of anilines is 2. The summed E-state index contributed by atoms with van der Waals surface area (Å²) in [7, 11) is 0. The predicted octanol–water partition coefficient (Wildman–Crippen LogP) is 7.91. The van der Waals surface area contributed by atoms with Gasteiger partial charge in [0.15, 0.2) is 0 Å².